The Bertz CT molecular complexity index is 616. The summed E-state index contributed by atoms with van der Waals surface area (Å²) in [5.41, 5.74) is 0.698. The molecule has 1 aromatic rings. The summed E-state index contributed by atoms with van der Waals surface area (Å²) >= 11 is 0. The van der Waals surface area contributed by atoms with Crippen LogP contribution in [0.1, 0.15) is 38.3 Å². The highest BCUT2D eigenvalue weighted by Crippen LogP contribution is 2.19. The molecule has 2 aliphatic rings. The number of ether oxygens (including phenoxy) is 1. The number of rotatable bonds is 5. The molecule has 0 aromatic carbocycles. The number of likely N-dealkylation sites (tertiary alicyclic amines) is 1. The maximum atomic E-state index is 12.9. The lowest BCUT2D eigenvalue weighted by atomic mass is 10.1. The van der Waals surface area contributed by atoms with Gasteiger partial charge in [-0.3, -0.25) is 14.4 Å². The molecule has 8 nitrogen and oxygen atoms in total. The molecular weight excluding hydrogens is 312 g/mol. The lowest BCUT2D eigenvalue weighted by Crippen LogP contribution is -2.52. The van der Waals surface area contributed by atoms with E-state index in [4.69, 9.17) is 4.74 Å². The number of imidazole rings is 1. The number of H-pyrrole nitrogens is 1. The molecule has 130 valence electrons. The van der Waals surface area contributed by atoms with Crippen LogP contribution in [0.25, 0.3) is 0 Å². The molecule has 3 rings (SSSR count). The van der Waals surface area contributed by atoms with Crippen LogP contribution in [0.4, 0.5) is 0 Å². The summed E-state index contributed by atoms with van der Waals surface area (Å²) < 4.78 is 4.99. The summed E-state index contributed by atoms with van der Waals surface area (Å²) in [6.07, 6.45) is 5.27. The minimum absolute atomic E-state index is 0.110. The molecule has 0 aliphatic carbocycles. The van der Waals surface area contributed by atoms with E-state index in [-0.39, 0.29) is 24.3 Å². The van der Waals surface area contributed by atoms with Gasteiger partial charge in [0.1, 0.15) is 6.04 Å². The van der Waals surface area contributed by atoms with Crippen LogP contribution >= 0.6 is 0 Å². The van der Waals surface area contributed by atoms with Gasteiger partial charge in [-0.15, -0.1) is 0 Å². The number of carbonyl (C=O) groups is 3. The summed E-state index contributed by atoms with van der Waals surface area (Å²) in [6.45, 7) is 2.71. The SMILES string of the molecule is CC1CCCN1C(=O)C(Cc1c[nH]cn1)NC(=O)C1CCC(=O)O1. The van der Waals surface area contributed by atoms with Gasteiger partial charge in [0.2, 0.25) is 5.91 Å². The topological polar surface area (TPSA) is 104 Å². The average molecular weight is 334 g/mol. The summed E-state index contributed by atoms with van der Waals surface area (Å²) in [4.78, 5) is 45.2. The van der Waals surface area contributed by atoms with Crippen molar-refractivity contribution in [2.45, 2.75) is 57.2 Å². The van der Waals surface area contributed by atoms with Crippen molar-refractivity contribution in [3.8, 4) is 0 Å². The van der Waals surface area contributed by atoms with Crippen molar-refractivity contribution in [2.24, 2.45) is 0 Å². The molecule has 24 heavy (non-hydrogen) atoms. The number of nitrogens with one attached hydrogen (secondary N) is 2. The molecule has 2 N–H and O–H groups in total. The number of esters is 1. The molecule has 0 bridgehead atoms. The zero-order valence-electron chi connectivity index (χ0n) is 13.7. The van der Waals surface area contributed by atoms with Crippen LogP contribution < -0.4 is 5.32 Å². The molecule has 0 saturated carbocycles. The third-order valence-corrected chi connectivity index (χ3v) is 4.60. The second-order valence-corrected chi connectivity index (χ2v) is 6.37. The first-order chi connectivity index (χ1) is 11.5. The number of hydrogen-bond donors (Lipinski definition) is 2. The predicted octanol–water partition coefficient (Wildman–Crippen LogP) is 0.154. The van der Waals surface area contributed by atoms with Crippen LogP contribution in [0.2, 0.25) is 0 Å². The Morgan fingerprint density at radius 3 is 2.92 bits per heavy atom. The molecule has 3 atom stereocenters. The first kappa shape index (κ1) is 16.5. The monoisotopic (exact) mass is 334 g/mol. The van der Waals surface area contributed by atoms with E-state index in [1.54, 1.807) is 11.1 Å². The van der Waals surface area contributed by atoms with Gasteiger partial charge in [0.05, 0.1) is 12.0 Å². The Kier molecular flexibility index (Phi) is 4.82. The normalized spacial score (nSPS) is 24.7. The van der Waals surface area contributed by atoms with Crippen molar-refractivity contribution < 1.29 is 19.1 Å². The molecule has 8 heteroatoms. The van der Waals surface area contributed by atoms with E-state index in [0.717, 1.165) is 12.8 Å². The molecule has 2 saturated heterocycles. The number of carbonyl (C=O) groups excluding carboxylic acids is 3. The number of aromatic nitrogens is 2. The Morgan fingerprint density at radius 1 is 1.50 bits per heavy atom. The lowest BCUT2D eigenvalue weighted by molar-refractivity contribution is -0.149. The first-order valence-electron chi connectivity index (χ1n) is 8.32. The minimum Gasteiger partial charge on any atom is -0.452 e. The van der Waals surface area contributed by atoms with Gasteiger partial charge in [-0.25, -0.2) is 4.98 Å². The van der Waals surface area contributed by atoms with E-state index in [1.807, 2.05) is 6.92 Å². The van der Waals surface area contributed by atoms with Gasteiger partial charge in [0.25, 0.3) is 5.91 Å². The van der Waals surface area contributed by atoms with Gasteiger partial charge < -0.3 is 19.9 Å². The Hall–Kier alpha value is -2.38. The van der Waals surface area contributed by atoms with Crippen molar-refractivity contribution >= 4 is 17.8 Å². The summed E-state index contributed by atoms with van der Waals surface area (Å²) in [5, 5.41) is 2.75. The highest BCUT2D eigenvalue weighted by molar-refractivity contribution is 5.91. The van der Waals surface area contributed by atoms with Crippen LogP contribution in [-0.2, 0) is 25.5 Å². The molecule has 2 amide bonds. The maximum absolute atomic E-state index is 12.9. The second-order valence-electron chi connectivity index (χ2n) is 6.37. The van der Waals surface area contributed by atoms with Crippen molar-refractivity contribution in [1.29, 1.82) is 0 Å². The molecule has 3 unspecified atom stereocenters. The average Bonchev–Trinajstić information content (AvgIpc) is 3.28. The van der Waals surface area contributed by atoms with E-state index in [9.17, 15) is 14.4 Å². The van der Waals surface area contributed by atoms with Gasteiger partial charge in [-0.05, 0) is 19.8 Å². The predicted molar refractivity (Wildman–Crippen MR) is 83.7 cm³/mol. The van der Waals surface area contributed by atoms with Gasteiger partial charge in [-0.2, -0.15) is 0 Å². The largest absolute Gasteiger partial charge is 0.452 e. The fourth-order valence-electron chi connectivity index (χ4n) is 3.25. The van der Waals surface area contributed by atoms with Crippen LogP contribution in [0.5, 0.6) is 0 Å². The Morgan fingerprint density at radius 2 is 2.33 bits per heavy atom. The van der Waals surface area contributed by atoms with Crippen LogP contribution in [0, 0.1) is 0 Å². The number of aromatic amines is 1. The van der Waals surface area contributed by atoms with Crippen molar-refractivity contribution in [1.82, 2.24) is 20.2 Å². The standard InChI is InChI=1S/C16H22N4O4/c1-10-3-2-6-20(10)16(23)12(7-11-8-17-9-18-11)19-15(22)13-4-5-14(21)24-13/h8-10,12-13H,2-7H2,1H3,(H,17,18)(H,19,22). The summed E-state index contributed by atoms with van der Waals surface area (Å²) in [7, 11) is 0. The third-order valence-electron chi connectivity index (χ3n) is 4.60. The Labute approximate surface area is 140 Å². The molecule has 0 radical (unpaired) electrons. The minimum atomic E-state index is -0.803. The lowest BCUT2D eigenvalue weighted by Gasteiger charge is -2.27. The van der Waals surface area contributed by atoms with Gasteiger partial charge in [-0.1, -0.05) is 0 Å². The zero-order valence-corrected chi connectivity index (χ0v) is 13.7. The van der Waals surface area contributed by atoms with Crippen molar-refractivity contribution in [2.75, 3.05) is 6.54 Å². The quantitative estimate of drug-likeness (QED) is 0.746. The van der Waals surface area contributed by atoms with E-state index in [0.29, 0.717) is 25.1 Å². The maximum Gasteiger partial charge on any atom is 0.306 e. The fourth-order valence-corrected chi connectivity index (χ4v) is 3.25. The van der Waals surface area contributed by atoms with Crippen molar-refractivity contribution in [3.63, 3.8) is 0 Å². The van der Waals surface area contributed by atoms with Crippen LogP contribution in [0.15, 0.2) is 12.5 Å². The van der Waals surface area contributed by atoms with E-state index in [2.05, 4.69) is 15.3 Å². The van der Waals surface area contributed by atoms with E-state index in [1.165, 1.54) is 6.33 Å². The second kappa shape index (κ2) is 7.02. The molecular formula is C16H22N4O4. The van der Waals surface area contributed by atoms with Gasteiger partial charge in [0, 0.05) is 38.0 Å². The van der Waals surface area contributed by atoms with Crippen molar-refractivity contribution in [3.05, 3.63) is 18.2 Å². The zero-order chi connectivity index (χ0) is 17.1. The molecule has 2 fully saturated rings. The highest BCUT2D eigenvalue weighted by Gasteiger charge is 2.36. The van der Waals surface area contributed by atoms with E-state index >= 15 is 0 Å². The van der Waals surface area contributed by atoms with Crippen LogP contribution in [0.3, 0.4) is 0 Å². The third kappa shape index (κ3) is 3.58. The highest BCUT2D eigenvalue weighted by atomic mass is 16.6. The molecule has 3 heterocycles. The summed E-state index contributed by atoms with van der Waals surface area (Å²) in [5.74, 6) is -0.902. The number of hydrogen-bond acceptors (Lipinski definition) is 5. The molecule has 2 aliphatic heterocycles. The number of nitrogens with zero attached hydrogens (tertiary/aromatic N) is 2. The number of cyclic esters (lactones) is 1. The fraction of sp³-hybridized carbons (Fsp3) is 0.625. The van der Waals surface area contributed by atoms with Gasteiger partial charge >= 0.3 is 5.97 Å². The Balaban J connectivity index is 1.70. The van der Waals surface area contributed by atoms with Gasteiger partial charge in [0.15, 0.2) is 6.10 Å². The molecule has 0 spiro atoms. The number of amides is 2. The summed E-state index contributed by atoms with van der Waals surface area (Å²) in [6, 6.07) is -0.541. The van der Waals surface area contributed by atoms with E-state index < -0.39 is 18.1 Å². The molecule has 1 aromatic heterocycles. The smallest absolute Gasteiger partial charge is 0.306 e. The first-order valence-corrected chi connectivity index (χ1v) is 8.32. The van der Waals surface area contributed by atoms with Crippen LogP contribution in [-0.4, -0.2) is 57.4 Å².